The maximum absolute atomic E-state index is 12.9. The molecule has 0 radical (unpaired) electrons. The van der Waals surface area contributed by atoms with Crippen LogP contribution in [0.3, 0.4) is 0 Å². The van der Waals surface area contributed by atoms with Crippen LogP contribution in [0, 0.1) is 0 Å². The first-order chi connectivity index (χ1) is 36.5. The van der Waals surface area contributed by atoms with E-state index in [0.29, 0.717) is 19.3 Å². The minimum atomic E-state index is -0.779. The van der Waals surface area contributed by atoms with Crippen LogP contribution in [0.4, 0.5) is 0 Å². The highest BCUT2D eigenvalue weighted by Gasteiger charge is 2.19. The molecule has 0 aliphatic carbocycles. The zero-order chi connectivity index (χ0) is 53.6. The molecule has 0 aliphatic heterocycles. The summed E-state index contributed by atoms with van der Waals surface area (Å²) in [4.78, 5) is 38.1. The highest BCUT2D eigenvalue weighted by molar-refractivity contribution is 5.71. The zero-order valence-corrected chi connectivity index (χ0v) is 49.4. The molecule has 0 heterocycles. The van der Waals surface area contributed by atoms with Crippen molar-refractivity contribution in [3.05, 3.63) is 60.8 Å². The Bertz CT molecular complexity index is 1330. The molecule has 6 nitrogen and oxygen atoms in total. The largest absolute Gasteiger partial charge is 0.462 e. The van der Waals surface area contributed by atoms with E-state index in [1.165, 1.54) is 199 Å². The number of allylic oxidation sites excluding steroid dienone is 10. The van der Waals surface area contributed by atoms with Crippen LogP contribution in [-0.2, 0) is 28.6 Å². The summed E-state index contributed by atoms with van der Waals surface area (Å²) in [5, 5.41) is 0. The van der Waals surface area contributed by atoms with Gasteiger partial charge in [-0.3, -0.25) is 14.4 Å². The summed E-state index contributed by atoms with van der Waals surface area (Å²) in [6, 6.07) is 0. The van der Waals surface area contributed by atoms with Crippen molar-refractivity contribution in [3.63, 3.8) is 0 Å². The van der Waals surface area contributed by atoms with E-state index < -0.39 is 6.10 Å². The quantitative estimate of drug-likeness (QED) is 0.0261. The Kier molecular flexibility index (Phi) is 60.2. The molecule has 0 saturated carbocycles. The standard InChI is InChI=1S/C68H122O6/c1-4-7-10-13-16-19-21-23-25-27-29-30-31-32-33-34-35-36-37-38-40-41-43-45-47-49-52-55-58-61-67(70)73-64-65(63-72-66(69)60-57-54-51-18-15-12-9-6-3)74-68(71)62-59-56-53-50-48-46-44-42-39-28-26-24-22-20-17-14-11-8-5-2/h8,11,17,20,24,26-27,29,39,42,65H,4-7,9-10,12-16,18-19,21-23,25,28,30-38,40-41,43-64H2,1-3H3/b11-8-,20-17-,26-24-,29-27-,42-39-. The number of carbonyl (C=O) groups is 3. The lowest BCUT2D eigenvalue weighted by molar-refractivity contribution is -0.167. The second kappa shape index (κ2) is 62.6. The number of hydrogen-bond acceptors (Lipinski definition) is 6. The molecule has 0 amide bonds. The van der Waals surface area contributed by atoms with E-state index in [-0.39, 0.29) is 31.1 Å². The fourth-order valence-electron chi connectivity index (χ4n) is 9.43. The summed E-state index contributed by atoms with van der Waals surface area (Å²) in [6.07, 6.45) is 79.7. The van der Waals surface area contributed by atoms with Gasteiger partial charge in [-0.1, -0.05) is 293 Å². The molecule has 0 bridgehead atoms. The highest BCUT2D eigenvalue weighted by Crippen LogP contribution is 2.17. The van der Waals surface area contributed by atoms with Gasteiger partial charge in [0.25, 0.3) is 0 Å². The van der Waals surface area contributed by atoms with E-state index in [1.807, 2.05) is 0 Å². The third-order valence-electron chi connectivity index (χ3n) is 14.3. The monoisotopic (exact) mass is 1030 g/mol. The van der Waals surface area contributed by atoms with Crippen molar-refractivity contribution in [2.45, 2.75) is 341 Å². The Balaban J connectivity index is 4.10. The first kappa shape index (κ1) is 71.1. The van der Waals surface area contributed by atoms with E-state index in [2.05, 4.69) is 81.5 Å². The molecule has 0 aromatic heterocycles. The predicted octanol–water partition coefficient (Wildman–Crippen LogP) is 21.9. The average molecular weight is 1040 g/mol. The summed E-state index contributed by atoms with van der Waals surface area (Å²) in [5.74, 6) is -0.880. The second-order valence-corrected chi connectivity index (χ2v) is 21.6. The SMILES string of the molecule is CC/C=C\C/C=C\C/C=C\C/C=C\CCCCCCCCC(=O)OC(COC(=O)CCCCCCCCCC)COC(=O)CCCCCCCCCCCCCCCCCCC/C=C\CCCCCCCCCC. The van der Waals surface area contributed by atoms with Crippen LogP contribution in [0.5, 0.6) is 0 Å². The number of carbonyl (C=O) groups excluding carboxylic acids is 3. The van der Waals surface area contributed by atoms with Crippen LogP contribution in [0.2, 0.25) is 0 Å². The highest BCUT2D eigenvalue weighted by atomic mass is 16.6. The molecule has 0 aromatic rings. The molecular weight excluding hydrogens is 913 g/mol. The van der Waals surface area contributed by atoms with Gasteiger partial charge in [-0.25, -0.2) is 0 Å². The number of esters is 3. The Morgan fingerprint density at radius 2 is 0.527 bits per heavy atom. The minimum absolute atomic E-state index is 0.0768. The van der Waals surface area contributed by atoms with E-state index in [0.717, 1.165) is 96.3 Å². The summed E-state index contributed by atoms with van der Waals surface area (Å²) in [6.45, 7) is 6.52. The third-order valence-corrected chi connectivity index (χ3v) is 14.3. The van der Waals surface area contributed by atoms with Crippen molar-refractivity contribution in [3.8, 4) is 0 Å². The molecule has 0 saturated heterocycles. The van der Waals surface area contributed by atoms with Gasteiger partial charge >= 0.3 is 17.9 Å². The molecule has 0 N–H and O–H groups in total. The smallest absolute Gasteiger partial charge is 0.306 e. The number of unbranched alkanes of at least 4 members (excludes halogenated alkanes) is 38. The van der Waals surface area contributed by atoms with Gasteiger partial charge in [0.2, 0.25) is 0 Å². The van der Waals surface area contributed by atoms with Crippen molar-refractivity contribution in [1.29, 1.82) is 0 Å². The maximum atomic E-state index is 12.9. The zero-order valence-electron chi connectivity index (χ0n) is 49.4. The average Bonchev–Trinajstić information content (AvgIpc) is 3.40. The fourth-order valence-corrected chi connectivity index (χ4v) is 9.43. The molecule has 0 rings (SSSR count). The van der Waals surface area contributed by atoms with Crippen LogP contribution in [-0.4, -0.2) is 37.2 Å². The van der Waals surface area contributed by atoms with Crippen molar-refractivity contribution in [1.82, 2.24) is 0 Å². The first-order valence-electron chi connectivity index (χ1n) is 32.3. The lowest BCUT2D eigenvalue weighted by atomic mass is 10.0. The molecule has 6 heteroatoms. The molecule has 1 atom stereocenters. The van der Waals surface area contributed by atoms with Gasteiger partial charge in [-0.15, -0.1) is 0 Å². The first-order valence-corrected chi connectivity index (χ1v) is 32.3. The number of ether oxygens (including phenoxy) is 3. The van der Waals surface area contributed by atoms with Crippen LogP contribution < -0.4 is 0 Å². The van der Waals surface area contributed by atoms with Crippen molar-refractivity contribution < 1.29 is 28.6 Å². The molecule has 74 heavy (non-hydrogen) atoms. The molecule has 0 aromatic carbocycles. The topological polar surface area (TPSA) is 78.9 Å². The van der Waals surface area contributed by atoms with E-state index >= 15 is 0 Å². The summed E-state index contributed by atoms with van der Waals surface area (Å²) < 4.78 is 16.9. The molecule has 0 fully saturated rings. The van der Waals surface area contributed by atoms with Crippen molar-refractivity contribution >= 4 is 17.9 Å². The number of rotatable bonds is 59. The lowest BCUT2D eigenvalue weighted by Gasteiger charge is -2.18. The fraction of sp³-hybridized carbons (Fsp3) is 0.809. The van der Waals surface area contributed by atoms with Gasteiger partial charge in [-0.2, -0.15) is 0 Å². The summed E-state index contributed by atoms with van der Waals surface area (Å²) >= 11 is 0. The number of hydrogen-bond donors (Lipinski definition) is 0. The van der Waals surface area contributed by atoms with Gasteiger partial charge in [0.05, 0.1) is 0 Å². The van der Waals surface area contributed by atoms with Crippen LogP contribution in [0.15, 0.2) is 60.8 Å². The normalized spacial score (nSPS) is 12.4. The second-order valence-electron chi connectivity index (χ2n) is 21.6. The van der Waals surface area contributed by atoms with E-state index in [9.17, 15) is 14.4 Å². The van der Waals surface area contributed by atoms with Crippen LogP contribution in [0.1, 0.15) is 335 Å². The van der Waals surface area contributed by atoms with Crippen LogP contribution >= 0.6 is 0 Å². The van der Waals surface area contributed by atoms with Crippen LogP contribution in [0.25, 0.3) is 0 Å². The Morgan fingerprint density at radius 3 is 0.838 bits per heavy atom. The van der Waals surface area contributed by atoms with Gasteiger partial charge in [0, 0.05) is 19.3 Å². The molecular formula is C68H122O6. The van der Waals surface area contributed by atoms with Gasteiger partial charge in [-0.05, 0) is 83.5 Å². The predicted molar refractivity (Wildman–Crippen MR) is 321 cm³/mol. The van der Waals surface area contributed by atoms with E-state index in [1.54, 1.807) is 0 Å². The minimum Gasteiger partial charge on any atom is -0.462 e. The third kappa shape index (κ3) is 60.0. The Labute approximate surface area is 460 Å². The van der Waals surface area contributed by atoms with E-state index in [4.69, 9.17) is 14.2 Å². The van der Waals surface area contributed by atoms with Gasteiger partial charge in [0.15, 0.2) is 6.10 Å². The molecule has 1 unspecified atom stereocenters. The molecule has 430 valence electrons. The Morgan fingerprint density at radius 1 is 0.284 bits per heavy atom. The van der Waals surface area contributed by atoms with Gasteiger partial charge in [0.1, 0.15) is 13.2 Å². The van der Waals surface area contributed by atoms with Crippen molar-refractivity contribution in [2.75, 3.05) is 13.2 Å². The molecule has 0 spiro atoms. The van der Waals surface area contributed by atoms with Gasteiger partial charge < -0.3 is 14.2 Å². The summed E-state index contributed by atoms with van der Waals surface area (Å²) in [5.41, 5.74) is 0. The molecule has 0 aliphatic rings. The lowest BCUT2D eigenvalue weighted by Crippen LogP contribution is -2.30. The van der Waals surface area contributed by atoms with Crippen molar-refractivity contribution in [2.24, 2.45) is 0 Å². The Hall–Kier alpha value is -2.89. The summed E-state index contributed by atoms with van der Waals surface area (Å²) in [7, 11) is 0. The maximum Gasteiger partial charge on any atom is 0.306 e.